The Morgan fingerprint density at radius 1 is 1.14 bits per heavy atom. The number of methoxy groups -OCH3 is 1. The van der Waals surface area contributed by atoms with E-state index < -0.39 is 15.7 Å². The molecule has 0 saturated carbocycles. The van der Waals surface area contributed by atoms with Crippen molar-refractivity contribution in [3.8, 4) is 5.75 Å². The standard InChI is InChI=1S/C16H17NO4S/c1-11-8-9-14(21-2)13(10-11)17-16(18)12-6-4-5-7-15(12)22(3,19)20/h4-10H,1-3H3,(H,17,18). The highest BCUT2D eigenvalue weighted by Gasteiger charge is 2.19. The largest absolute Gasteiger partial charge is 0.495 e. The first-order chi connectivity index (χ1) is 10.3. The zero-order valence-electron chi connectivity index (χ0n) is 12.6. The Morgan fingerprint density at radius 3 is 2.45 bits per heavy atom. The predicted molar refractivity (Wildman–Crippen MR) is 85.2 cm³/mol. The van der Waals surface area contributed by atoms with Crippen LogP contribution in [0.15, 0.2) is 47.4 Å². The predicted octanol–water partition coefficient (Wildman–Crippen LogP) is 2.66. The molecule has 2 aromatic carbocycles. The summed E-state index contributed by atoms with van der Waals surface area (Å²) < 4.78 is 28.8. The molecule has 0 aliphatic rings. The second-order valence-corrected chi connectivity index (χ2v) is 6.91. The molecule has 0 unspecified atom stereocenters. The molecule has 1 N–H and O–H groups in total. The minimum atomic E-state index is -3.49. The molecule has 6 heteroatoms. The van der Waals surface area contributed by atoms with Crippen LogP contribution in [0.3, 0.4) is 0 Å². The van der Waals surface area contributed by atoms with E-state index in [1.807, 2.05) is 13.0 Å². The highest BCUT2D eigenvalue weighted by atomic mass is 32.2. The molecular formula is C16H17NO4S. The second-order valence-electron chi connectivity index (χ2n) is 4.93. The Hall–Kier alpha value is -2.34. The Labute approximate surface area is 129 Å². The number of rotatable bonds is 4. The van der Waals surface area contributed by atoms with E-state index in [9.17, 15) is 13.2 Å². The van der Waals surface area contributed by atoms with Gasteiger partial charge in [-0.25, -0.2) is 8.42 Å². The molecule has 1 amide bonds. The number of carbonyl (C=O) groups is 1. The molecule has 0 aromatic heterocycles. The maximum Gasteiger partial charge on any atom is 0.257 e. The lowest BCUT2D eigenvalue weighted by Gasteiger charge is -2.12. The smallest absolute Gasteiger partial charge is 0.257 e. The second kappa shape index (κ2) is 6.19. The summed E-state index contributed by atoms with van der Waals surface area (Å²) in [6, 6.07) is 11.5. The molecule has 0 spiro atoms. The highest BCUT2D eigenvalue weighted by Crippen LogP contribution is 2.26. The van der Waals surface area contributed by atoms with Gasteiger partial charge in [0.25, 0.3) is 5.91 Å². The maximum absolute atomic E-state index is 12.4. The summed E-state index contributed by atoms with van der Waals surface area (Å²) in [7, 11) is -1.98. The van der Waals surface area contributed by atoms with Crippen molar-refractivity contribution in [1.29, 1.82) is 0 Å². The van der Waals surface area contributed by atoms with Crippen LogP contribution in [0.4, 0.5) is 5.69 Å². The molecule has 0 radical (unpaired) electrons. The molecule has 0 aliphatic heterocycles. The summed E-state index contributed by atoms with van der Waals surface area (Å²) in [5, 5.41) is 2.70. The van der Waals surface area contributed by atoms with Crippen LogP contribution in [-0.4, -0.2) is 27.7 Å². The van der Waals surface area contributed by atoms with Gasteiger partial charge in [0.15, 0.2) is 9.84 Å². The van der Waals surface area contributed by atoms with Gasteiger partial charge in [-0.3, -0.25) is 4.79 Å². The molecule has 0 fully saturated rings. The monoisotopic (exact) mass is 319 g/mol. The molecule has 0 atom stereocenters. The normalized spacial score (nSPS) is 11.0. The molecule has 2 aromatic rings. The number of nitrogens with one attached hydrogen (secondary N) is 1. The van der Waals surface area contributed by atoms with Gasteiger partial charge in [-0.1, -0.05) is 18.2 Å². The summed E-state index contributed by atoms with van der Waals surface area (Å²) in [5.41, 5.74) is 1.55. The van der Waals surface area contributed by atoms with E-state index in [-0.39, 0.29) is 10.5 Å². The van der Waals surface area contributed by atoms with Crippen molar-refractivity contribution in [3.63, 3.8) is 0 Å². The molecule has 116 valence electrons. The highest BCUT2D eigenvalue weighted by molar-refractivity contribution is 7.90. The molecule has 0 aliphatic carbocycles. The summed E-state index contributed by atoms with van der Waals surface area (Å²) >= 11 is 0. The zero-order chi connectivity index (χ0) is 16.3. The molecule has 22 heavy (non-hydrogen) atoms. The fourth-order valence-corrected chi connectivity index (χ4v) is 2.97. The van der Waals surface area contributed by atoms with Crippen molar-refractivity contribution in [2.45, 2.75) is 11.8 Å². The van der Waals surface area contributed by atoms with Crippen LogP contribution in [0, 0.1) is 6.92 Å². The summed E-state index contributed by atoms with van der Waals surface area (Å²) in [5.74, 6) is 0.0145. The van der Waals surface area contributed by atoms with E-state index in [4.69, 9.17) is 4.74 Å². The third-order valence-corrected chi connectivity index (χ3v) is 4.29. The molecule has 0 saturated heterocycles. The number of carbonyl (C=O) groups excluding carboxylic acids is 1. The van der Waals surface area contributed by atoms with Gasteiger partial charge in [0.05, 0.1) is 23.3 Å². The Bertz CT molecular complexity index is 813. The van der Waals surface area contributed by atoms with Crippen LogP contribution in [0.1, 0.15) is 15.9 Å². The molecule has 5 nitrogen and oxygen atoms in total. The van der Waals surface area contributed by atoms with Crippen LogP contribution < -0.4 is 10.1 Å². The zero-order valence-corrected chi connectivity index (χ0v) is 13.4. The van der Waals surface area contributed by atoms with Crippen molar-refractivity contribution < 1.29 is 17.9 Å². The minimum absolute atomic E-state index is 0.000815. The fourth-order valence-electron chi connectivity index (χ4n) is 2.09. The first-order valence-electron chi connectivity index (χ1n) is 6.58. The summed E-state index contributed by atoms with van der Waals surface area (Å²) in [6.45, 7) is 1.89. The number of benzene rings is 2. The van der Waals surface area contributed by atoms with E-state index in [1.54, 1.807) is 24.3 Å². The van der Waals surface area contributed by atoms with Gasteiger partial charge in [0.2, 0.25) is 0 Å². The number of hydrogen-bond donors (Lipinski definition) is 1. The third kappa shape index (κ3) is 3.46. The van der Waals surface area contributed by atoms with E-state index in [0.29, 0.717) is 11.4 Å². The Balaban J connectivity index is 2.41. The molecular weight excluding hydrogens is 302 g/mol. The van der Waals surface area contributed by atoms with Crippen molar-refractivity contribution in [2.75, 3.05) is 18.7 Å². The van der Waals surface area contributed by atoms with Crippen LogP contribution in [-0.2, 0) is 9.84 Å². The molecule has 2 rings (SSSR count). The Kier molecular flexibility index (Phi) is 4.51. The van der Waals surface area contributed by atoms with Gasteiger partial charge >= 0.3 is 0 Å². The van der Waals surface area contributed by atoms with E-state index in [1.165, 1.54) is 19.2 Å². The lowest BCUT2D eigenvalue weighted by molar-refractivity contribution is 0.102. The Morgan fingerprint density at radius 2 is 1.82 bits per heavy atom. The van der Waals surface area contributed by atoms with Crippen LogP contribution in [0.5, 0.6) is 5.75 Å². The van der Waals surface area contributed by atoms with Crippen molar-refractivity contribution in [3.05, 3.63) is 53.6 Å². The average molecular weight is 319 g/mol. The van der Waals surface area contributed by atoms with Gasteiger partial charge in [-0.15, -0.1) is 0 Å². The quantitative estimate of drug-likeness (QED) is 0.940. The van der Waals surface area contributed by atoms with Crippen LogP contribution in [0.25, 0.3) is 0 Å². The average Bonchev–Trinajstić information content (AvgIpc) is 2.46. The first-order valence-corrected chi connectivity index (χ1v) is 8.47. The van der Waals surface area contributed by atoms with Crippen molar-refractivity contribution >= 4 is 21.4 Å². The first kappa shape index (κ1) is 16.0. The topological polar surface area (TPSA) is 72.5 Å². The SMILES string of the molecule is COc1ccc(C)cc1NC(=O)c1ccccc1S(C)(=O)=O. The van der Waals surface area contributed by atoms with Crippen molar-refractivity contribution in [2.24, 2.45) is 0 Å². The minimum Gasteiger partial charge on any atom is -0.495 e. The van der Waals surface area contributed by atoms with E-state index in [2.05, 4.69) is 5.32 Å². The van der Waals surface area contributed by atoms with Gasteiger partial charge < -0.3 is 10.1 Å². The molecule has 0 bridgehead atoms. The number of aryl methyl sites for hydroxylation is 1. The van der Waals surface area contributed by atoms with Crippen molar-refractivity contribution in [1.82, 2.24) is 0 Å². The van der Waals surface area contributed by atoms with Gasteiger partial charge in [-0.2, -0.15) is 0 Å². The van der Waals surface area contributed by atoms with Crippen LogP contribution >= 0.6 is 0 Å². The summed E-state index contributed by atoms with van der Waals surface area (Å²) in [6.07, 6.45) is 1.08. The number of amides is 1. The van der Waals surface area contributed by atoms with Crippen LogP contribution in [0.2, 0.25) is 0 Å². The lowest BCUT2D eigenvalue weighted by Crippen LogP contribution is -2.16. The van der Waals surface area contributed by atoms with E-state index in [0.717, 1.165) is 11.8 Å². The number of sulfone groups is 1. The molecule has 0 heterocycles. The van der Waals surface area contributed by atoms with E-state index >= 15 is 0 Å². The fraction of sp³-hybridized carbons (Fsp3) is 0.188. The number of ether oxygens (including phenoxy) is 1. The third-order valence-electron chi connectivity index (χ3n) is 3.13. The van der Waals surface area contributed by atoms with Gasteiger partial charge in [-0.05, 0) is 36.8 Å². The number of anilines is 1. The van der Waals surface area contributed by atoms with Gasteiger partial charge in [0, 0.05) is 6.26 Å². The van der Waals surface area contributed by atoms with Gasteiger partial charge in [0.1, 0.15) is 5.75 Å². The lowest BCUT2D eigenvalue weighted by atomic mass is 10.1. The summed E-state index contributed by atoms with van der Waals surface area (Å²) in [4.78, 5) is 12.4. The number of hydrogen-bond acceptors (Lipinski definition) is 4. The maximum atomic E-state index is 12.4.